The molecule has 3 nitrogen and oxygen atoms in total. The van der Waals surface area contributed by atoms with Gasteiger partial charge in [0.1, 0.15) is 5.75 Å². The molecular weight excluding hydrogens is 298 g/mol. The quantitative estimate of drug-likeness (QED) is 0.750. The van der Waals surface area contributed by atoms with Gasteiger partial charge in [0.05, 0.1) is 19.8 Å². The van der Waals surface area contributed by atoms with E-state index < -0.39 is 0 Å². The molecule has 1 saturated heterocycles. The third kappa shape index (κ3) is 4.61. The zero-order valence-corrected chi connectivity index (χ0v) is 14.7. The number of rotatable bonds is 7. The van der Waals surface area contributed by atoms with E-state index in [-0.39, 0.29) is 0 Å². The Bertz CT molecular complexity index is 460. The molecule has 1 aliphatic rings. The molecule has 0 bridgehead atoms. The van der Waals surface area contributed by atoms with Gasteiger partial charge >= 0.3 is 0 Å². The second-order valence-corrected chi connectivity index (χ2v) is 6.46. The van der Waals surface area contributed by atoms with Crippen molar-refractivity contribution in [1.82, 2.24) is 4.90 Å². The molecule has 2 atom stereocenters. The van der Waals surface area contributed by atoms with Gasteiger partial charge in [0.25, 0.3) is 0 Å². The molecule has 2 rings (SSSR count). The van der Waals surface area contributed by atoms with Gasteiger partial charge in [0, 0.05) is 36.1 Å². The van der Waals surface area contributed by atoms with Crippen molar-refractivity contribution in [3.8, 4) is 5.75 Å². The van der Waals surface area contributed by atoms with Gasteiger partial charge in [-0.1, -0.05) is 31.9 Å². The summed E-state index contributed by atoms with van der Waals surface area (Å²) in [4.78, 5) is 2.50. The zero-order valence-electron chi connectivity index (χ0n) is 14.0. The van der Waals surface area contributed by atoms with Gasteiger partial charge in [-0.15, -0.1) is 0 Å². The van der Waals surface area contributed by atoms with Crippen LogP contribution in [0.5, 0.6) is 5.75 Å². The molecule has 0 aromatic heterocycles. The first-order valence-electron chi connectivity index (χ1n) is 8.38. The molecule has 4 heteroatoms. The smallest absolute Gasteiger partial charge is 0.122 e. The molecular formula is C18H28ClNO2. The molecule has 124 valence electrons. The summed E-state index contributed by atoms with van der Waals surface area (Å²) < 4.78 is 11.3. The standard InChI is InChI=1S/C18H28ClNO2/c1-4-14(3)17(13-20-8-10-21-11-9-20)16-12-15(19)6-7-18(16)22-5-2/h6-7,12,14,17H,4-5,8-11,13H2,1-3H3. The highest BCUT2D eigenvalue weighted by atomic mass is 35.5. The fourth-order valence-electron chi connectivity index (χ4n) is 3.03. The highest BCUT2D eigenvalue weighted by Gasteiger charge is 2.25. The molecule has 1 fully saturated rings. The monoisotopic (exact) mass is 325 g/mol. The van der Waals surface area contributed by atoms with Crippen molar-refractivity contribution in [1.29, 1.82) is 0 Å². The third-order valence-electron chi connectivity index (χ3n) is 4.56. The van der Waals surface area contributed by atoms with Crippen molar-refractivity contribution in [2.75, 3.05) is 39.5 Å². The van der Waals surface area contributed by atoms with Crippen LogP contribution in [0.25, 0.3) is 0 Å². The number of hydrogen-bond donors (Lipinski definition) is 0. The minimum Gasteiger partial charge on any atom is -0.494 e. The lowest BCUT2D eigenvalue weighted by atomic mass is 9.84. The molecule has 22 heavy (non-hydrogen) atoms. The van der Waals surface area contributed by atoms with Crippen LogP contribution >= 0.6 is 11.6 Å². The average Bonchev–Trinajstić information content (AvgIpc) is 2.55. The van der Waals surface area contributed by atoms with Gasteiger partial charge < -0.3 is 9.47 Å². The minimum absolute atomic E-state index is 0.434. The average molecular weight is 326 g/mol. The number of ether oxygens (including phenoxy) is 2. The van der Waals surface area contributed by atoms with Crippen LogP contribution in [0.3, 0.4) is 0 Å². The lowest BCUT2D eigenvalue weighted by Gasteiger charge is -2.34. The fourth-order valence-corrected chi connectivity index (χ4v) is 3.21. The first kappa shape index (κ1) is 17.6. The van der Waals surface area contributed by atoms with Gasteiger partial charge in [-0.25, -0.2) is 0 Å². The maximum absolute atomic E-state index is 6.26. The molecule has 2 unspecified atom stereocenters. The molecule has 0 N–H and O–H groups in total. The van der Waals surface area contributed by atoms with Crippen molar-refractivity contribution in [3.63, 3.8) is 0 Å². The van der Waals surface area contributed by atoms with Gasteiger partial charge in [-0.2, -0.15) is 0 Å². The maximum Gasteiger partial charge on any atom is 0.122 e. The van der Waals surface area contributed by atoms with E-state index in [1.165, 1.54) is 5.56 Å². The Kier molecular flexibility index (Phi) is 7.00. The molecule has 0 radical (unpaired) electrons. The molecule has 0 spiro atoms. The second-order valence-electron chi connectivity index (χ2n) is 6.02. The molecule has 1 aromatic carbocycles. The van der Waals surface area contributed by atoms with E-state index in [4.69, 9.17) is 21.1 Å². The number of nitrogens with zero attached hydrogens (tertiary/aromatic N) is 1. The maximum atomic E-state index is 6.26. The van der Waals surface area contributed by atoms with Gasteiger partial charge in [-0.3, -0.25) is 4.90 Å². The van der Waals surface area contributed by atoms with Crippen molar-refractivity contribution < 1.29 is 9.47 Å². The first-order chi connectivity index (χ1) is 10.7. The van der Waals surface area contributed by atoms with Crippen molar-refractivity contribution in [3.05, 3.63) is 28.8 Å². The van der Waals surface area contributed by atoms with Gasteiger partial charge in [-0.05, 0) is 31.0 Å². The van der Waals surface area contributed by atoms with Crippen molar-refractivity contribution in [2.24, 2.45) is 5.92 Å². The number of hydrogen-bond acceptors (Lipinski definition) is 3. The zero-order chi connectivity index (χ0) is 15.9. The first-order valence-corrected chi connectivity index (χ1v) is 8.75. The lowest BCUT2D eigenvalue weighted by molar-refractivity contribution is 0.0322. The SMILES string of the molecule is CCOc1ccc(Cl)cc1C(CN1CCOCC1)C(C)CC. The Hall–Kier alpha value is -0.770. The van der Waals surface area contributed by atoms with Crippen LogP contribution in [-0.4, -0.2) is 44.4 Å². The van der Waals surface area contributed by atoms with Crippen molar-refractivity contribution in [2.45, 2.75) is 33.1 Å². The van der Waals surface area contributed by atoms with E-state index in [0.717, 1.165) is 50.0 Å². The van der Waals surface area contributed by atoms with E-state index in [1.54, 1.807) is 0 Å². The largest absolute Gasteiger partial charge is 0.494 e. The number of morpholine rings is 1. The van der Waals surface area contributed by atoms with Crippen LogP contribution in [0.4, 0.5) is 0 Å². The topological polar surface area (TPSA) is 21.7 Å². The Morgan fingerprint density at radius 1 is 1.27 bits per heavy atom. The van der Waals surface area contributed by atoms with Crippen LogP contribution in [0, 0.1) is 5.92 Å². The van der Waals surface area contributed by atoms with Crippen LogP contribution < -0.4 is 4.74 Å². The minimum atomic E-state index is 0.434. The summed E-state index contributed by atoms with van der Waals surface area (Å²) in [6.07, 6.45) is 1.15. The van der Waals surface area contributed by atoms with Crippen LogP contribution in [0.2, 0.25) is 5.02 Å². The van der Waals surface area contributed by atoms with E-state index in [0.29, 0.717) is 18.4 Å². The summed E-state index contributed by atoms with van der Waals surface area (Å²) in [5, 5.41) is 0.786. The Morgan fingerprint density at radius 3 is 2.64 bits per heavy atom. The predicted molar refractivity (Wildman–Crippen MR) is 92.1 cm³/mol. The van der Waals surface area contributed by atoms with E-state index >= 15 is 0 Å². The fraction of sp³-hybridized carbons (Fsp3) is 0.667. The molecule has 0 amide bonds. The highest BCUT2D eigenvalue weighted by Crippen LogP contribution is 2.36. The number of halogens is 1. The molecule has 0 saturated carbocycles. The third-order valence-corrected chi connectivity index (χ3v) is 4.80. The summed E-state index contributed by atoms with van der Waals surface area (Å²) >= 11 is 6.26. The Balaban J connectivity index is 2.25. The van der Waals surface area contributed by atoms with E-state index in [1.807, 2.05) is 19.1 Å². The molecule has 1 aromatic rings. The summed E-state index contributed by atoms with van der Waals surface area (Å²) in [6, 6.07) is 6.01. The summed E-state index contributed by atoms with van der Waals surface area (Å²) in [5.74, 6) is 1.99. The molecule has 1 aliphatic heterocycles. The Labute approximate surface area is 139 Å². The summed E-state index contributed by atoms with van der Waals surface area (Å²) in [7, 11) is 0. The Morgan fingerprint density at radius 2 is 2.00 bits per heavy atom. The predicted octanol–water partition coefficient (Wildman–Crippen LogP) is 4.20. The highest BCUT2D eigenvalue weighted by molar-refractivity contribution is 6.30. The molecule has 1 heterocycles. The van der Waals surface area contributed by atoms with Gasteiger partial charge in [0.2, 0.25) is 0 Å². The van der Waals surface area contributed by atoms with E-state index in [9.17, 15) is 0 Å². The normalized spacial score (nSPS) is 18.9. The second kappa shape index (κ2) is 8.76. The number of benzene rings is 1. The summed E-state index contributed by atoms with van der Waals surface area (Å²) in [6.45, 7) is 12.0. The van der Waals surface area contributed by atoms with Gasteiger partial charge in [0.15, 0.2) is 0 Å². The van der Waals surface area contributed by atoms with Crippen LogP contribution in [0.15, 0.2) is 18.2 Å². The van der Waals surface area contributed by atoms with Crippen molar-refractivity contribution >= 4 is 11.6 Å². The van der Waals surface area contributed by atoms with Crippen LogP contribution in [0.1, 0.15) is 38.7 Å². The van der Waals surface area contributed by atoms with E-state index in [2.05, 4.69) is 24.8 Å². The van der Waals surface area contributed by atoms with Crippen LogP contribution in [-0.2, 0) is 4.74 Å². The summed E-state index contributed by atoms with van der Waals surface area (Å²) in [5.41, 5.74) is 1.25. The molecule has 0 aliphatic carbocycles. The lowest BCUT2D eigenvalue weighted by Crippen LogP contribution is -2.40.